The van der Waals surface area contributed by atoms with Crippen LogP contribution in [0.1, 0.15) is 28.9 Å². The van der Waals surface area contributed by atoms with E-state index in [2.05, 4.69) is 5.32 Å². The molecule has 0 aromatic heterocycles. The van der Waals surface area contributed by atoms with E-state index >= 15 is 0 Å². The molecule has 3 rings (SSSR count). The average molecular weight is 429 g/mol. The van der Waals surface area contributed by atoms with Crippen molar-refractivity contribution in [3.63, 3.8) is 0 Å². The molecule has 0 fully saturated rings. The van der Waals surface area contributed by atoms with Gasteiger partial charge in [0.1, 0.15) is 0 Å². The second-order valence-corrected chi connectivity index (χ2v) is 8.93. The largest absolute Gasteiger partial charge is 0.345 e. The van der Waals surface area contributed by atoms with E-state index in [9.17, 15) is 13.2 Å². The smallest absolute Gasteiger partial charge is 0.264 e. The van der Waals surface area contributed by atoms with Gasteiger partial charge in [0.2, 0.25) is 0 Å². The third-order valence-electron chi connectivity index (χ3n) is 4.59. The van der Waals surface area contributed by atoms with E-state index < -0.39 is 10.0 Å². The third kappa shape index (κ3) is 4.60. The van der Waals surface area contributed by atoms with Crippen molar-refractivity contribution in [1.29, 1.82) is 0 Å². The Morgan fingerprint density at radius 2 is 1.62 bits per heavy atom. The van der Waals surface area contributed by atoms with Gasteiger partial charge in [-0.2, -0.15) is 0 Å². The van der Waals surface area contributed by atoms with Crippen molar-refractivity contribution in [2.75, 3.05) is 11.4 Å². The average Bonchev–Trinajstić information content (AvgIpc) is 2.74. The molecule has 7 heteroatoms. The molecule has 3 aromatic carbocycles. The van der Waals surface area contributed by atoms with Crippen LogP contribution in [-0.4, -0.2) is 21.4 Å². The van der Waals surface area contributed by atoms with Crippen LogP contribution in [0.5, 0.6) is 0 Å². The number of carbonyl (C=O) groups excluding carboxylic acids is 1. The van der Waals surface area contributed by atoms with Crippen LogP contribution in [0, 0.1) is 0 Å². The van der Waals surface area contributed by atoms with Gasteiger partial charge in [-0.25, -0.2) is 8.42 Å². The minimum atomic E-state index is -3.80. The number of nitrogens with zero attached hydrogens (tertiary/aromatic N) is 1. The third-order valence-corrected chi connectivity index (χ3v) is 6.72. The summed E-state index contributed by atoms with van der Waals surface area (Å²) >= 11 is 6.19. The lowest BCUT2D eigenvalue weighted by molar-refractivity contribution is 0.0939. The standard InChI is InChI=1S/C22H21ClN2O3S/c1-16(20-13-6-7-14-21(20)23)24-22(26)17-9-8-12-19(15-17)29(27,28)25(2)18-10-4-3-5-11-18/h3-16H,1-2H3,(H,24,26). The lowest BCUT2D eigenvalue weighted by Gasteiger charge is -2.20. The number of anilines is 1. The number of halogens is 1. The van der Waals surface area contributed by atoms with Crippen molar-refractivity contribution < 1.29 is 13.2 Å². The van der Waals surface area contributed by atoms with Crippen LogP contribution < -0.4 is 9.62 Å². The summed E-state index contributed by atoms with van der Waals surface area (Å²) in [5, 5.41) is 3.42. The van der Waals surface area contributed by atoms with Crippen LogP contribution in [0.3, 0.4) is 0 Å². The minimum absolute atomic E-state index is 0.0434. The quantitative estimate of drug-likeness (QED) is 0.621. The van der Waals surface area contributed by atoms with Gasteiger partial charge in [-0.1, -0.05) is 54.1 Å². The maximum atomic E-state index is 13.0. The predicted octanol–water partition coefficient (Wildman–Crippen LogP) is 4.66. The van der Waals surface area contributed by atoms with Crippen molar-refractivity contribution in [1.82, 2.24) is 5.32 Å². The molecular formula is C22H21ClN2O3S. The molecule has 0 saturated carbocycles. The normalized spacial score (nSPS) is 12.2. The maximum absolute atomic E-state index is 13.0. The summed E-state index contributed by atoms with van der Waals surface area (Å²) in [7, 11) is -2.32. The maximum Gasteiger partial charge on any atom is 0.264 e. The van der Waals surface area contributed by atoms with Gasteiger partial charge in [0, 0.05) is 17.6 Å². The second-order valence-electron chi connectivity index (χ2n) is 6.55. The Morgan fingerprint density at radius 1 is 0.966 bits per heavy atom. The fourth-order valence-electron chi connectivity index (χ4n) is 2.92. The van der Waals surface area contributed by atoms with Crippen LogP contribution >= 0.6 is 11.6 Å². The number of nitrogens with one attached hydrogen (secondary N) is 1. The summed E-state index contributed by atoms with van der Waals surface area (Å²) in [4.78, 5) is 12.7. The van der Waals surface area contributed by atoms with Crippen molar-refractivity contribution in [3.8, 4) is 0 Å². The highest BCUT2D eigenvalue weighted by Crippen LogP contribution is 2.24. The van der Waals surface area contributed by atoms with Crippen LogP contribution in [0.2, 0.25) is 5.02 Å². The van der Waals surface area contributed by atoms with Gasteiger partial charge < -0.3 is 5.32 Å². The number of rotatable bonds is 6. The second kappa shape index (κ2) is 8.68. The van der Waals surface area contributed by atoms with E-state index in [4.69, 9.17) is 11.6 Å². The van der Waals surface area contributed by atoms with Crippen LogP contribution in [0.15, 0.2) is 83.8 Å². The van der Waals surface area contributed by atoms with E-state index in [0.29, 0.717) is 10.7 Å². The highest BCUT2D eigenvalue weighted by Gasteiger charge is 2.23. The number of carbonyl (C=O) groups is 1. The summed E-state index contributed by atoms with van der Waals surface area (Å²) in [5.74, 6) is -0.378. The first-order valence-electron chi connectivity index (χ1n) is 9.00. The summed E-state index contributed by atoms with van der Waals surface area (Å²) < 4.78 is 27.1. The molecule has 1 atom stereocenters. The molecule has 0 spiro atoms. The Hall–Kier alpha value is -2.83. The zero-order chi connectivity index (χ0) is 21.0. The van der Waals surface area contributed by atoms with E-state index in [1.54, 1.807) is 42.5 Å². The number of para-hydroxylation sites is 1. The highest BCUT2D eigenvalue weighted by atomic mass is 35.5. The first-order chi connectivity index (χ1) is 13.8. The van der Waals surface area contributed by atoms with E-state index in [0.717, 1.165) is 5.56 Å². The lowest BCUT2D eigenvalue weighted by atomic mass is 10.1. The number of sulfonamides is 1. The summed E-state index contributed by atoms with van der Waals surface area (Å²) in [6, 6.07) is 21.7. The Kier molecular flexibility index (Phi) is 6.25. The Labute approximate surface area is 176 Å². The lowest BCUT2D eigenvalue weighted by Crippen LogP contribution is -2.28. The van der Waals surface area contributed by atoms with Crippen molar-refractivity contribution in [2.24, 2.45) is 0 Å². The molecule has 0 aliphatic rings. The number of hydrogen-bond donors (Lipinski definition) is 1. The topological polar surface area (TPSA) is 66.5 Å². The molecule has 0 saturated heterocycles. The zero-order valence-electron chi connectivity index (χ0n) is 16.0. The predicted molar refractivity (Wildman–Crippen MR) is 116 cm³/mol. The molecular weight excluding hydrogens is 408 g/mol. The SMILES string of the molecule is CC(NC(=O)c1cccc(S(=O)(=O)N(C)c2ccccc2)c1)c1ccccc1Cl. The Bertz CT molecular complexity index is 1120. The van der Waals surface area contributed by atoms with Crippen LogP contribution in [0.25, 0.3) is 0 Å². The fraction of sp³-hybridized carbons (Fsp3) is 0.136. The molecule has 0 radical (unpaired) electrons. The molecule has 29 heavy (non-hydrogen) atoms. The first kappa shape index (κ1) is 20.9. The van der Waals surface area contributed by atoms with Crippen molar-refractivity contribution >= 4 is 33.2 Å². The minimum Gasteiger partial charge on any atom is -0.345 e. The zero-order valence-corrected chi connectivity index (χ0v) is 17.6. The Balaban J connectivity index is 1.83. The fourth-order valence-corrected chi connectivity index (χ4v) is 4.46. The van der Waals surface area contributed by atoms with Crippen molar-refractivity contribution in [2.45, 2.75) is 17.9 Å². The molecule has 0 heterocycles. The molecule has 1 N–H and O–H groups in total. The molecule has 3 aromatic rings. The van der Waals surface area contributed by atoms with Gasteiger partial charge in [-0.3, -0.25) is 9.10 Å². The molecule has 0 bridgehead atoms. The van der Waals surface area contributed by atoms with Crippen LogP contribution in [-0.2, 0) is 10.0 Å². The molecule has 150 valence electrons. The van der Waals surface area contributed by atoms with Gasteiger partial charge in [-0.05, 0) is 48.9 Å². The number of amides is 1. The van der Waals surface area contributed by atoms with Crippen molar-refractivity contribution in [3.05, 3.63) is 95.0 Å². The van der Waals surface area contributed by atoms with E-state index in [1.807, 2.05) is 31.2 Å². The number of benzene rings is 3. The monoisotopic (exact) mass is 428 g/mol. The summed E-state index contributed by atoms with van der Waals surface area (Å²) in [6.07, 6.45) is 0. The van der Waals surface area contributed by atoms with E-state index in [-0.39, 0.29) is 22.4 Å². The van der Waals surface area contributed by atoms with Gasteiger partial charge in [0.25, 0.3) is 15.9 Å². The number of hydrogen-bond acceptors (Lipinski definition) is 3. The van der Waals surface area contributed by atoms with Gasteiger partial charge in [0.15, 0.2) is 0 Å². The van der Waals surface area contributed by atoms with Gasteiger partial charge in [0.05, 0.1) is 16.6 Å². The molecule has 0 aliphatic carbocycles. The van der Waals surface area contributed by atoms with Gasteiger partial charge in [-0.15, -0.1) is 0 Å². The Morgan fingerprint density at radius 3 is 2.31 bits per heavy atom. The molecule has 1 amide bonds. The van der Waals surface area contributed by atoms with Gasteiger partial charge >= 0.3 is 0 Å². The van der Waals surface area contributed by atoms with E-state index in [1.165, 1.54) is 23.5 Å². The summed E-state index contributed by atoms with van der Waals surface area (Å²) in [5.41, 5.74) is 1.58. The molecule has 1 unspecified atom stereocenters. The van der Waals surface area contributed by atoms with Crippen LogP contribution in [0.4, 0.5) is 5.69 Å². The highest BCUT2D eigenvalue weighted by molar-refractivity contribution is 7.92. The first-order valence-corrected chi connectivity index (χ1v) is 10.8. The summed E-state index contributed by atoms with van der Waals surface area (Å²) in [6.45, 7) is 1.82. The molecule has 0 aliphatic heterocycles. The molecule has 5 nitrogen and oxygen atoms in total.